The average molecular weight is 202 g/mol. The van der Waals surface area contributed by atoms with Gasteiger partial charge in [-0.25, -0.2) is 4.68 Å². The van der Waals surface area contributed by atoms with Crippen LogP contribution in [0.15, 0.2) is 36.7 Å². The maximum Gasteiger partial charge on any atom is 0.221 e. The molecule has 2 rings (SSSR count). The fourth-order valence-electron chi connectivity index (χ4n) is 1.31. The van der Waals surface area contributed by atoms with Gasteiger partial charge in [0.05, 0.1) is 24.5 Å². The normalized spacial score (nSPS) is 10.1. The Morgan fingerprint density at radius 2 is 2.07 bits per heavy atom. The Morgan fingerprint density at radius 3 is 2.60 bits per heavy atom. The van der Waals surface area contributed by atoms with Crippen molar-refractivity contribution in [2.24, 2.45) is 5.73 Å². The van der Waals surface area contributed by atoms with Crippen molar-refractivity contribution in [1.82, 2.24) is 15.0 Å². The minimum atomic E-state index is -0.330. The highest BCUT2D eigenvalue weighted by Gasteiger charge is 2.00. The number of nitrogens with two attached hydrogens (primary N) is 1. The van der Waals surface area contributed by atoms with Gasteiger partial charge in [-0.1, -0.05) is 17.3 Å². The van der Waals surface area contributed by atoms with Crippen molar-refractivity contribution in [1.29, 1.82) is 0 Å². The highest BCUT2D eigenvalue weighted by atomic mass is 16.1. The highest BCUT2D eigenvalue weighted by molar-refractivity contribution is 5.76. The van der Waals surface area contributed by atoms with Gasteiger partial charge >= 0.3 is 0 Å². The molecule has 1 aromatic heterocycles. The van der Waals surface area contributed by atoms with Crippen molar-refractivity contribution in [3.8, 4) is 5.69 Å². The van der Waals surface area contributed by atoms with Gasteiger partial charge in [0.25, 0.3) is 0 Å². The van der Waals surface area contributed by atoms with Crippen LogP contribution in [0, 0.1) is 0 Å². The van der Waals surface area contributed by atoms with Crippen molar-refractivity contribution in [2.75, 3.05) is 0 Å². The number of primary amides is 1. The van der Waals surface area contributed by atoms with E-state index in [2.05, 4.69) is 10.3 Å². The van der Waals surface area contributed by atoms with Crippen molar-refractivity contribution >= 4 is 5.91 Å². The van der Waals surface area contributed by atoms with E-state index in [1.54, 1.807) is 17.1 Å². The van der Waals surface area contributed by atoms with Gasteiger partial charge in [0.2, 0.25) is 5.91 Å². The first-order valence-corrected chi connectivity index (χ1v) is 4.49. The third kappa shape index (κ3) is 2.19. The van der Waals surface area contributed by atoms with Crippen molar-refractivity contribution < 1.29 is 4.79 Å². The number of amides is 1. The number of hydrogen-bond donors (Lipinski definition) is 1. The molecule has 1 amide bonds. The van der Waals surface area contributed by atoms with E-state index in [0.29, 0.717) is 0 Å². The Hall–Kier alpha value is -2.17. The Labute approximate surface area is 86.5 Å². The summed E-state index contributed by atoms with van der Waals surface area (Å²) in [7, 11) is 0. The fraction of sp³-hybridized carbons (Fsp3) is 0.100. The second-order valence-electron chi connectivity index (χ2n) is 3.16. The van der Waals surface area contributed by atoms with Gasteiger partial charge in [0.15, 0.2) is 0 Å². The summed E-state index contributed by atoms with van der Waals surface area (Å²) in [6, 6.07) is 7.43. The smallest absolute Gasteiger partial charge is 0.221 e. The topological polar surface area (TPSA) is 73.8 Å². The summed E-state index contributed by atoms with van der Waals surface area (Å²) in [5.41, 5.74) is 6.89. The molecule has 0 fully saturated rings. The van der Waals surface area contributed by atoms with Gasteiger partial charge in [-0.15, -0.1) is 5.10 Å². The molecule has 0 aliphatic rings. The lowest BCUT2D eigenvalue weighted by Crippen LogP contribution is -2.13. The van der Waals surface area contributed by atoms with Gasteiger partial charge in [-0.3, -0.25) is 4.79 Å². The largest absolute Gasteiger partial charge is 0.369 e. The van der Waals surface area contributed by atoms with Crippen molar-refractivity contribution in [3.63, 3.8) is 0 Å². The second kappa shape index (κ2) is 3.91. The zero-order chi connectivity index (χ0) is 10.7. The molecule has 0 saturated heterocycles. The molecule has 0 aliphatic heterocycles. The van der Waals surface area contributed by atoms with E-state index in [9.17, 15) is 4.79 Å². The molecule has 76 valence electrons. The van der Waals surface area contributed by atoms with Crippen LogP contribution in [0.4, 0.5) is 0 Å². The molecule has 0 saturated carbocycles. The van der Waals surface area contributed by atoms with E-state index in [0.717, 1.165) is 11.3 Å². The van der Waals surface area contributed by atoms with Crippen molar-refractivity contribution in [2.45, 2.75) is 6.42 Å². The summed E-state index contributed by atoms with van der Waals surface area (Å²) in [6.07, 6.45) is 3.62. The number of rotatable bonds is 3. The Morgan fingerprint density at radius 1 is 1.33 bits per heavy atom. The van der Waals surface area contributed by atoms with E-state index in [4.69, 9.17) is 5.73 Å². The number of benzene rings is 1. The molecule has 0 spiro atoms. The van der Waals surface area contributed by atoms with E-state index < -0.39 is 0 Å². The minimum Gasteiger partial charge on any atom is -0.369 e. The molecule has 1 aromatic carbocycles. The summed E-state index contributed by atoms with van der Waals surface area (Å²) in [5, 5.41) is 7.56. The van der Waals surface area contributed by atoms with Crippen LogP contribution in [0.3, 0.4) is 0 Å². The molecule has 0 radical (unpaired) electrons. The monoisotopic (exact) mass is 202 g/mol. The number of nitrogens with zero attached hydrogens (tertiary/aromatic N) is 3. The molecule has 0 unspecified atom stereocenters. The summed E-state index contributed by atoms with van der Waals surface area (Å²) in [5.74, 6) is -0.330. The lowest BCUT2D eigenvalue weighted by atomic mass is 10.1. The predicted molar refractivity (Wildman–Crippen MR) is 54.3 cm³/mol. The molecular formula is C10H10N4O. The first kappa shape index (κ1) is 9.39. The summed E-state index contributed by atoms with van der Waals surface area (Å²) in [6.45, 7) is 0. The standard InChI is InChI=1S/C10H10N4O/c11-10(15)7-8-1-3-9(4-2-8)14-6-5-12-13-14/h1-6H,7H2,(H2,11,15). The van der Waals surface area contributed by atoms with Crippen LogP contribution in [0.5, 0.6) is 0 Å². The molecule has 0 bridgehead atoms. The third-order valence-corrected chi connectivity index (χ3v) is 2.00. The molecule has 5 nitrogen and oxygen atoms in total. The molecule has 2 aromatic rings. The van der Waals surface area contributed by atoms with Gasteiger partial charge in [0, 0.05) is 0 Å². The van der Waals surface area contributed by atoms with Crippen LogP contribution in [-0.2, 0) is 11.2 Å². The van der Waals surface area contributed by atoms with Gasteiger partial charge in [-0.2, -0.15) is 0 Å². The van der Waals surface area contributed by atoms with Crippen LogP contribution in [0.25, 0.3) is 5.69 Å². The number of carbonyl (C=O) groups is 1. The van der Waals surface area contributed by atoms with E-state index in [-0.39, 0.29) is 12.3 Å². The lowest BCUT2D eigenvalue weighted by Gasteiger charge is -2.01. The van der Waals surface area contributed by atoms with Crippen LogP contribution in [0.2, 0.25) is 0 Å². The van der Waals surface area contributed by atoms with E-state index >= 15 is 0 Å². The third-order valence-electron chi connectivity index (χ3n) is 2.00. The Balaban J connectivity index is 2.21. The van der Waals surface area contributed by atoms with Crippen LogP contribution in [-0.4, -0.2) is 20.9 Å². The molecule has 15 heavy (non-hydrogen) atoms. The summed E-state index contributed by atoms with van der Waals surface area (Å²) in [4.78, 5) is 10.7. The van der Waals surface area contributed by atoms with Gasteiger partial charge in [0.1, 0.15) is 0 Å². The molecule has 5 heteroatoms. The van der Waals surface area contributed by atoms with Crippen LogP contribution < -0.4 is 5.73 Å². The zero-order valence-electron chi connectivity index (χ0n) is 8.00. The molecule has 2 N–H and O–H groups in total. The molecule has 0 aliphatic carbocycles. The molecule has 0 atom stereocenters. The fourth-order valence-corrected chi connectivity index (χ4v) is 1.31. The quantitative estimate of drug-likeness (QED) is 0.777. The van der Waals surface area contributed by atoms with Gasteiger partial charge in [-0.05, 0) is 17.7 Å². The number of carbonyl (C=O) groups excluding carboxylic acids is 1. The lowest BCUT2D eigenvalue weighted by molar-refractivity contribution is -0.117. The van der Waals surface area contributed by atoms with Gasteiger partial charge < -0.3 is 5.73 Å². The highest BCUT2D eigenvalue weighted by Crippen LogP contribution is 2.08. The second-order valence-corrected chi connectivity index (χ2v) is 3.16. The first-order valence-electron chi connectivity index (χ1n) is 4.49. The average Bonchev–Trinajstić information content (AvgIpc) is 2.71. The maximum absolute atomic E-state index is 10.7. The maximum atomic E-state index is 10.7. The van der Waals surface area contributed by atoms with Crippen molar-refractivity contribution in [3.05, 3.63) is 42.2 Å². The Kier molecular flexibility index (Phi) is 2.45. The van der Waals surface area contributed by atoms with Crippen LogP contribution in [0.1, 0.15) is 5.56 Å². The first-order chi connectivity index (χ1) is 7.25. The Bertz CT molecular complexity index is 447. The summed E-state index contributed by atoms with van der Waals surface area (Å²) < 4.78 is 1.65. The minimum absolute atomic E-state index is 0.262. The summed E-state index contributed by atoms with van der Waals surface area (Å²) >= 11 is 0. The number of aromatic nitrogens is 3. The number of hydrogen-bond acceptors (Lipinski definition) is 3. The van der Waals surface area contributed by atoms with E-state index in [1.807, 2.05) is 24.3 Å². The molecular weight excluding hydrogens is 192 g/mol. The SMILES string of the molecule is NC(=O)Cc1ccc(-n2ccnn2)cc1. The van der Waals surface area contributed by atoms with Crippen LogP contribution >= 0.6 is 0 Å². The predicted octanol–water partition coefficient (Wildman–Crippen LogP) is 0.295. The molecule has 1 heterocycles. The van der Waals surface area contributed by atoms with E-state index in [1.165, 1.54) is 0 Å². The zero-order valence-corrected chi connectivity index (χ0v) is 8.00.